The van der Waals surface area contributed by atoms with Gasteiger partial charge in [0.2, 0.25) is 0 Å². The second kappa shape index (κ2) is 44.9. The van der Waals surface area contributed by atoms with Crippen molar-refractivity contribution < 1.29 is 28.6 Å². The number of rotatable bonds is 46. The van der Waals surface area contributed by atoms with Crippen molar-refractivity contribution in [3.8, 4) is 0 Å². The Labute approximate surface area is 361 Å². The van der Waals surface area contributed by atoms with Gasteiger partial charge in [0.1, 0.15) is 13.2 Å². The fraction of sp³-hybridized carbons (Fsp3) is 0.942. The zero-order valence-corrected chi connectivity index (χ0v) is 39.7. The van der Waals surface area contributed by atoms with E-state index in [1.807, 2.05) is 0 Å². The van der Waals surface area contributed by atoms with E-state index in [1.54, 1.807) is 0 Å². The van der Waals surface area contributed by atoms with Gasteiger partial charge in [0, 0.05) is 19.3 Å². The van der Waals surface area contributed by atoms with Crippen LogP contribution in [0.3, 0.4) is 0 Å². The lowest BCUT2D eigenvalue weighted by Crippen LogP contribution is -2.30. The second-order valence-electron chi connectivity index (χ2n) is 18.8. The van der Waals surface area contributed by atoms with Crippen molar-refractivity contribution in [2.24, 2.45) is 11.8 Å². The van der Waals surface area contributed by atoms with Gasteiger partial charge in [-0.25, -0.2) is 0 Å². The Morgan fingerprint density at radius 3 is 0.845 bits per heavy atom. The molecule has 0 unspecified atom stereocenters. The summed E-state index contributed by atoms with van der Waals surface area (Å²) in [6, 6.07) is 0. The first-order valence-corrected chi connectivity index (χ1v) is 25.7. The fourth-order valence-electron chi connectivity index (χ4n) is 7.81. The number of carbonyl (C=O) groups excluding carboxylic acids is 3. The minimum atomic E-state index is -0.760. The summed E-state index contributed by atoms with van der Waals surface area (Å²) in [7, 11) is 0. The average Bonchev–Trinajstić information content (AvgIpc) is 3.19. The van der Waals surface area contributed by atoms with Crippen LogP contribution >= 0.6 is 0 Å². The van der Waals surface area contributed by atoms with Gasteiger partial charge in [0.15, 0.2) is 6.10 Å². The van der Waals surface area contributed by atoms with Crippen molar-refractivity contribution in [2.45, 2.75) is 291 Å². The van der Waals surface area contributed by atoms with Crippen molar-refractivity contribution in [1.29, 1.82) is 0 Å². The maximum absolute atomic E-state index is 12.8. The van der Waals surface area contributed by atoms with Crippen LogP contribution in [-0.4, -0.2) is 37.2 Å². The summed E-state index contributed by atoms with van der Waals surface area (Å²) in [6.45, 7) is 11.3. The Hall–Kier alpha value is -1.59. The molecule has 0 aromatic heterocycles. The van der Waals surface area contributed by atoms with E-state index in [0.29, 0.717) is 19.3 Å². The second-order valence-corrected chi connectivity index (χ2v) is 18.8. The number of hydrogen-bond donors (Lipinski definition) is 0. The highest BCUT2D eigenvalue weighted by atomic mass is 16.6. The number of hydrogen-bond acceptors (Lipinski definition) is 6. The molecule has 0 saturated heterocycles. The lowest BCUT2D eigenvalue weighted by Gasteiger charge is -2.18. The zero-order valence-electron chi connectivity index (χ0n) is 39.7. The smallest absolute Gasteiger partial charge is 0.306 e. The molecule has 0 heterocycles. The topological polar surface area (TPSA) is 78.9 Å². The van der Waals surface area contributed by atoms with Crippen molar-refractivity contribution in [2.75, 3.05) is 13.2 Å². The molecule has 0 fully saturated rings. The minimum absolute atomic E-state index is 0.0642. The molecule has 0 saturated carbocycles. The van der Waals surface area contributed by atoms with E-state index in [0.717, 1.165) is 69.6 Å². The van der Waals surface area contributed by atoms with E-state index in [-0.39, 0.29) is 31.1 Å². The van der Waals surface area contributed by atoms with Crippen molar-refractivity contribution >= 4 is 17.9 Å². The molecule has 6 nitrogen and oxygen atoms in total. The van der Waals surface area contributed by atoms with Gasteiger partial charge in [-0.2, -0.15) is 0 Å². The van der Waals surface area contributed by atoms with Crippen LogP contribution in [-0.2, 0) is 28.6 Å². The van der Waals surface area contributed by atoms with Crippen LogP contribution in [0.15, 0.2) is 0 Å². The Bertz CT molecular complexity index is 885. The highest BCUT2D eigenvalue weighted by Gasteiger charge is 2.19. The van der Waals surface area contributed by atoms with E-state index in [9.17, 15) is 14.4 Å². The van der Waals surface area contributed by atoms with Gasteiger partial charge in [0.05, 0.1) is 0 Å². The van der Waals surface area contributed by atoms with Gasteiger partial charge in [-0.3, -0.25) is 14.4 Å². The lowest BCUT2D eigenvalue weighted by atomic mass is 10.0. The fourth-order valence-corrected chi connectivity index (χ4v) is 7.81. The maximum Gasteiger partial charge on any atom is 0.306 e. The Balaban J connectivity index is 4.19. The summed E-state index contributed by atoms with van der Waals surface area (Å²) >= 11 is 0. The summed E-state index contributed by atoms with van der Waals surface area (Å²) in [4.78, 5) is 37.8. The molecule has 0 aromatic carbocycles. The molecule has 0 radical (unpaired) electrons. The van der Waals surface area contributed by atoms with Crippen LogP contribution in [0.25, 0.3) is 0 Å². The number of unbranched alkanes of at least 4 members (excludes halogenated alkanes) is 31. The third-order valence-electron chi connectivity index (χ3n) is 11.7. The molecule has 344 valence electrons. The normalized spacial score (nSPS) is 12.1. The Morgan fingerprint density at radius 2 is 0.569 bits per heavy atom. The summed E-state index contributed by atoms with van der Waals surface area (Å²) < 4.78 is 16.7. The predicted molar refractivity (Wildman–Crippen MR) is 247 cm³/mol. The van der Waals surface area contributed by atoms with Crippen LogP contribution in [0.4, 0.5) is 0 Å². The number of esters is 3. The first-order valence-electron chi connectivity index (χ1n) is 25.7. The molecule has 1 atom stereocenters. The van der Waals surface area contributed by atoms with Crippen LogP contribution in [0.2, 0.25) is 0 Å². The molecule has 0 spiro atoms. The van der Waals surface area contributed by atoms with Gasteiger partial charge >= 0.3 is 17.9 Å². The molecule has 0 bridgehead atoms. The first-order chi connectivity index (χ1) is 28.2. The van der Waals surface area contributed by atoms with E-state index >= 15 is 0 Å². The molecule has 6 heteroatoms. The molecule has 0 aromatic rings. The summed E-state index contributed by atoms with van der Waals surface area (Å²) in [5, 5.41) is 0. The summed E-state index contributed by atoms with van der Waals surface area (Å²) in [5.74, 6) is 0.824. The summed E-state index contributed by atoms with van der Waals surface area (Å²) in [5.41, 5.74) is 0. The maximum atomic E-state index is 12.8. The van der Waals surface area contributed by atoms with Crippen LogP contribution < -0.4 is 0 Å². The molecular weight excluding hydrogens is 721 g/mol. The Kier molecular flexibility index (Phi) is 43.7. The highest BCUT2D eigenvalue weighted by molar-refractivity contribution is 5.71. The Morgan fingerprint density at radius 1 is 0.328 bits per heavy atom. The third-order valence-corrected chi connectivity index (χ3v) is 11.7. The molecule has 0 amide bonds. The van der Waals surface area contributed by atoms with Gasteiger partial charge < -0.3 is 14.2 Å². The van der Waals surface area contributed by atoms with Gasteiger partial charge in [0.25, 0.3) is 0 Å². The standard InChI is InChI=1S/C52H100O6/c1-6-7-8-9-25-32-37-42-50(53)56-45-49(46-57-51(54)43-38-33-28-23-20-16-18-22-27-31-36-41-48(4)5)58-52(55)44-39-34-29-24-19-15-13-11-10-12-14-17-21-26-30-35-40-47(2)3/h47-49H,6-46H2,1-5H3/t49-/m1/s1. The van der Waals surface area contributed by atoms with Crippen LogP contribution in [0.1, 0.15) is 285 Å². The molecule has 0 aliphatic rings. The van der Waals surface area contributed by atoms with Crippen molar-refractivity contribution in [1.82, 2.24) is 0 Å². The number of carbonyl (C=O) groups is 3. The quantitative estimate of drug-likeness (QED) is 0.0346. The van der Waals surface area contributed by atoms with Gasteiger partial charge in [-0.1, -0.05) is 247 Å². The molecular formula is C52H100O6. The highest BCUT2D eigenvalue weighted by Crippen LogP contribution is 2.17. The average molecular weight is 821 g/mol. The van der Waals surface area contributed by atoms with Gasteiger partial charge in [-0.15, -0.1) is 0 Å². The van der Waals surface area contributed by atoms with E-state index in [4.69, 9.17) is 14.2 Å². The van der Waals surface area contributed by atoms with E-state index in [1.165, 1.54) is 173 Å². The molecule has 0 rings (SSSR count). The molecule has 0 aliphatic heterocycles. The van der Waals surface area contributed by atoms with Gasteiger partial charge in [-0.05, 0) is 31.1 Å². The SMILES string of the molecule is CCCCCCCCCC(=O)OC[C@H](COC(=O)CCCCCCCCCCCCCC(C)C)OC(=O)CCCCCCCCCCCCCCCCCCC(C)C. The predicted octanol–water partition coefficient (Wildman–Crippen LogP) is 16.5. The largest absolute Gasteiger partial charge is 0.462 e. The van der Waals surface area contributed by atoms with Crippen molar-refractivity contribution in [3.05, 3.63) is 0 Å². The molecule has 0 N–H and O–H groups in total. The summed E-state index contributed by atoms with van der Waals surface area (Å²) in [6.07, 6.45) is 45.3. The molecule has 0 aliphatic carbocycles. The number of ether oxygens (including phenoxy) is 3. The van der Waals surface area contributed by atoms with Crippen LogP contribution in [0, 0.1) is 11.8 Å². The minimum Gasteiger partial charge on any atom is -0.462 e. The first kappa shape index (κ1) is 56.4. The zero-order chi connectivity index (χ0) is 42.6. The molecule has 58 heavy (non-hydrogen) atoms. The van der Waals surface area contributed by atoms with Crippen molar-refractivity contribution in [3.63, 3.8) is 0 Å². The van der Waals surface area contributed by atoms with E-state index in [2.05, 4.69) is 34.6 Å². The third kappa shape index (κ3) is 45.5. The van der Waals surface area contributed by atoms with Crippen LogP contribution in [0.5, 0.6) is 0 Å². The monoisotopic (exact) mass is 821 g/mol. The van der Waals surface area contributed by atoms with E-state index < -0.39 is 6.10 Å². The lowest BCUT2D eigenvalue weighted by molar-refractivity contribution is -0.167.